The van der Waals surface area contributed by atoms with Gasteiger partial charge < -0.3 is 4.74 Å². The fourth-order valence-corrected chi connectivity index (χ4v) is 1.69. The van der Waals surface area contributed by atoms with Crippen molar-refractivity contribution in [1.29, 1.82) is 5.26 Å². The van der Waals surface area contributed by atoms with Crippen LogP contribution in [0.15, 0.2) is 0 Å². The van der Waals surface area contributed by atoms with E-state index in [0.717, 1.165) is 0 Å². The summed E-state index contributed by atoms with van der Waals surface area (Å²) < 4.78 is 30.8. The predicted molar refractivity (Wildman–Crippen MR) is 56.5 cm³/mol. The SMILES string of the molecule is CCC(C#N)NS(=O)(=O)NC(=O)OC(C)C. The summed E-state index contributed by atoms with van der Waals surface area (Å²) in [7, 11) is -4.05. The van der Waals surface area contributed by atoms with Crippen molar-refractivity contribution >= 4 is 16.3 Å². The quantitative estimate of drug-likeness (QED) is 0.726. The topological polar surface area (TPSA) is 108 Å². The monoisotopic (exact) mass is 249 g/mol. The van der Waals surface area contributed by atoms with Crippen LogP contribution in [0.4, 0.5) is 4.79 Å². The molecule has 0 aromatic rings. The summed E-state index contributed by atoms with van der Waals surface area (Å²) in [5, 5.41) is 8.55. The lowest BCUT2D eigenvalue weighted by Crippen LogP contribution is -2.45. The van der Waals surface area contributed by atoms with Crippen molar-refractivity contribution < 1.29 is 17.9 Å². The lowest BCUT2D eigenvalue weighted by atomic mass is 10.3. The molecule has 0 aliphatic heterocycles. The molecule has 0 spiro atoms. The maximum Gasteiger partial charge on any atom is 0.422 e. The van der Waals surface area contributed by atoms with Crippen molar-refractivity contribution in [2.75, 3.05) is 0 Å². The molecule has 0 aromatic heterocycles. The van der Waals surface area contributed by atoms with Crippen molar-refractivity contribution in [3.8, 4) is 6.07 Å². The van der Waals surface area contributed by atoms with Gasteiger partial charge in [-0.1, -0.05) is 6.92 Å². The van der Waals surface area contributed by atoms with Crippen molar-refractivity contribution in [1.82, 2.24) is 9.44 Å². The van der Waals surface area contributed by atoms with Crippen LogP contribution in [0.2, 0.25) is 0 Å². The van der Waals surface area contributed by atoms with Gasteiger partial charge in [-0.25, -0.2) is 9.52 Å². The van der Waals surface area contributed by atoms with Gasteiger partial charge in [-0.05, 0) is 20.3 Å². The molecule has 0 fully saturated rings. The Hall–Kier alpha value is -1.33. The molecule has 0 heterocycles. The molecule has 2 N–H and O–H groups in total. The Morgan fingerprint density at radius 2 is 2.06 bits per heavy atom. The first-order valence-electron chi connectivity index (χ1n) is 4.71. The summed E-state index contributed by atoms with van der Waals surface area (Å²) in [4.78, 5) is 11.0. The number of carbonyl (C=O) groups excluding carboxylic acids is 1. The minimum atomic E-state index is -4.05. The second-order valence-corrected chi connectivity index (χ2v) is 4.71. The van der Waals surface area contributed by atoms with Crippen LogP contribution in [0, 0.1) is 11.3 Å². The van der Waals surface area contributed by atoms with E-state index in [4.69, 9.17) is 5.26 Å². The van der Waals surface area contributed by atoms with Crippen LogP contribution in [0.1, 0.15) is 27.2 Å². The Kier molecular flexibility index (Phi) is 5.77. The molecule has 7 nitrogen and oxygen atoms in total. The summed E-state index contributed by atoms with van der Waals surface area (Å²) in [6.45, 7) is 4.82. The van der Waals surface area contributed by atoms with Gasteiger partial charge in [0.2, 0.25) is 0 Å². The highest BCUT2D eigenvalue weighted by Crippen LogP contribution is 1.93. The maximum absolute atomic E-state index is 11.3. The molecule has 8 heteroatoms. The highest BCUT2D eigenvalue weighted by Gasteiger charge is 2.19. The van der Waals surface area contributed by atoms with E-state index in [1.165, 1.54) is 0 Å². The van der Waals surface area contributed by atoms with Crippen LogP contribution in [-0.4, -0.2) is 26.7 Å². The maximum atomic E-state index is 11.3. The first-order valence-corrected chi connectivity index (χ1v) is 6.19. The average molecular weight is 249 g/mol. The zero-order chi connectivity index (χ0) is 12.8. The van der Waals surface area contributed by atoms with Gasteiger partial charge in [0.25, 0.3) is 0 Å². The molecule has 92 valence electrons. The van der Waals surface area contributed by atoms with Crippen molar-refractivity contribution in [3.63, 3.8) is 0 Å². The third kappa shape index (κ3) is 6.21. The number of nitrogens with zero attached hydrogens (tertiary/aromatic N) is 1. The fourth-order valence-electron chi connectivity index (χ4n) is 0.766. The normalized spacial score (nSPS) is 12.9. The van der Waals surface area contributed by atoms with Crippen LogP contribution in [0.3, 0.4) is 0 Å². The molecule has 0 saturated carbocycles. The lowest BCUT2D eigenvalue weighted by molar-refractivity contribution is 0.121. The molecule has 0 rings (SSSR count). The van der Waals surface area contributed by atoms with E-state index in [9.17, 15) is 13.2 Å². The molecule has 0 aliphatic carbocycles. The minimum absolute atomic E-state index is 0.302. The molecule has 0 aromatic carbocycles. The molecule has 0 radical (unpaired) electrons. The number of hydrogen-bond acceptors (Lipinski definition) is 5. The van der Waals surface area contributed by atoms with E-state index in [0.29, 0.717) is 6.42 Å². The van der Waals surface area contributed by atoms with Gasteiger partial charge >= 0.3 is 16.3 Å². The van der Waals surface area contributed by atoms with Crippen molar-refractivity contribution in [3.05, 3.63) is 0 Å². The van der Waals surface area contributed by atoms with E-state index in [1.54, 1.807) is 31.6 Å². The highest BCUT2D eigenvalue weighted by atomic mass is 32.2. The minimum Gasteiger partial charge on any atom is -0.446 e. The van der Waals surface area contributed by atoms with E-state index < -0.39 is 28.4 Å². The summed E-state index contributed by atoms with van der Waals surface area (Å²) in [5.74, 6) is 0. The van der Waals surface area contributed by atoms with Gasteiger partial charge in [0.15, 0.2) is 0 Å². The van der Waals surface area contributed by atoms with E-state index >= 15 is 0 Å². The Labute approximate surface area is 95.0 Å². The molecule has 0 aliphatic rings. The molecule has 1 atom stereocenters. The molecule has 0 bridgehead atoms. The van der Waals surface area contributed by atoms with Gasteiger partial charge in [0.1, 0.15) is 6.04 Å². The van der Waals surface area contributed by atoms with E-state index in [-0.39, 0.29) is 0 Å². The Bertz CT molecular complexity index is 371. The summed E-state index contributed by atoms with van der Waals surface area (Å²) in [6, 6.07) is 0.868. The van der Waals surface area contributed by atoms with Crippen LogP contribution < -0.4 is 9.44 Å². The summed E-state index contributed by atoms with van der Waals surface area (Å²) >= 11 is 0. The molecule has 1 amide bonds. The largest absolute Gasteiger partial charge is 0.446 e. The standard InChI is InChI=1S/C8H15N3O4S/c1-4-7(5-9)10-16(13,14)11-8(12)15-6(2)3/h6-7,10H,4H2,1-3H3,(H,11,12). The zero-order valence-corrected chi connectivity index (χ0v) is 10.2. The number of hydrogen-bond donors (Lipinski definition) is 2. The third-order valence-electron chi connectivity index (χ3n) is 1.42. The molecular formula is C8H15N3O4S. The highest BCUT2D eigenvalue weighted by molar-refractivity contribution is 7.88. The number of carbonyl (C=O) groups is 1. The van der Waals surface area contributed by atoms with Gasteiger partial charge in [0.05, 0.1) is 12.2 Å². The van der Waals surface area contributed by atoms with Crippen molar-refractivity contribution in [2.24, 2.45) is 0 Å². The lowest BCUT2D eigenvalue weighted by Gasteiger charge is -2.12. The van der Waals surface area contributed by atoms with E-state index in [2.05, 4.69) is 4.74 Å². The smallest absolute Gasteiger partial charge is 0.422 e. The first kappa shape index (κ1) is 14.7. The number of ether oxygens (including phenoxy) is 1. The third-order valence-corrected chi connectivity index (χ3v) is 2.45. The summed E-state index contributed by atoms with van der Waals surface area (Å²) in [6.07, 6.45) is -1.19. The molecule has 1 unspecified atom stereocenters. The number of nitriles is 1. The molecule has 16 heavy (non-hydrogen) atoms. The van der Waals surface area contributed by atoms with E-state index in [1.807, 2.05) is 4.72 Å². The van der Waals surface area contributed by atoms with Gasteiger partial charge in [-0.15, -0.1) is 0 Å². The van der Waals surface area contributed by atoms with Gasteiger partial charge in [-0.3, -0.25) is 0 Å². The Morgan fingerprint density at radius 1 is 1.50 bits per heavy atom. The summed E-state index contributed by atoms with van der Waals surface area (Å²) in [5.41, 5.74) is 0. The van der Waals surface area contributed by atoms with Crippen LogP contribution in [0.25, 0.3) is 0 Å². The van der Waals surface area contributed by atoms with Gasteiger partial charge in [0, 0.05) is 0 Å². The Morgan fingerprint density at radius 3 is 2.44 bits per heavy atom. The molecule has 0 saturated heterocycles. The first-order chi connectivity index (χ1) is 7.30. The predicted octanol–water partition coefficient (Wildman–Crippen LogP) is 0.258. The second-order valence-electron chi connectivity index (χ2n) is 3.27. The number of rotatable bonds is 5. The second kappa shape index (κ2) is 6.30. The van der Waals surface area contributed by atoms with Crippen LogP contribution >= 0.6 is 0 Å². The fraction of sp³-hybridized carbons (Fsp3) is 0.750. The Balaban J connectivity index is 4.37. The average Bonchev–Trinajstić information content (AvgIpc) is 2.11. The number of nitrogens with one attached hydrogen (secondary N) is 2. The zero-order valence-electron chi connectivity index (χ0n) is 9.35. The van der Waals surface area contributed by atoms with Crippen molar-refractivity contribution in [2.45, 2.75) is 39.3 Å². The van der Waals surface area contributed by atoms with Gasteiger partial charge in [-0.2, -0.15) is 18.4 Å². The van der Waals surface area contributed by atoms with Crippen LogP contribution in [-0.2, 0) is 14.9 Å². The molecular weight excluding hydrogens is 234 g/mol. The number of amides is 1. The van der Waals surface area contributed by atoms with Crippen LogP contribution in [0.5, 0.6) is 0 Å².